The summed E-state index contributed by atoms with van der Waals surface area (Å²) in [7, 11) is 0. The Hall–Kier alpha value is -1.39. The van der Waals surface area contributed by atoms with E-state index in [0.717, 1.165) is 23.5 Å². The quantitative estimate of drug-likeness (QED) is 0.892. The Kier molecular flexibility index (Phi) is 3.06. The number of H-pyrrole nitrogens is 1. The van der Waals surface area contributed by atoms with Gasteiger partial charge in [0.1, 0.15) is 5.82 Å². The molecule has 0 radical (unpaired) electrons. The van der Waals surface area contributed by atoms with E-state index in [1.807, 2.05) is 6.07 Å². The fourth-order valence-corrected chi connectivity index (χ4v) is 2.09. The Morgan fingerprint density at radius 1 is 1.39 bits per heavy atom. The summed E-state index contributed by atoms with van der Waals surface area (Å²) >= 11 is 6.00. The molecule has 1 saturated carbocycles. The molecule has 0 saturated heterocycles. The zero-order valence-electron chi connectivity index (χ0n) is 9.71. The average molecular weight is 266 g/mol. The predicted octanol–water partition coefficient (Wildman–Crippen LogP) is 3.12. The summed E-state index contributed by atoms with van der Waals surface area (Å²) in [4.78, 5) is 0. The normalized spacial score (nSPS) is 15.0. The third kappa shape index (κ3) is 2.54. The summed E-state index contributed by atoms with van der Waals surface area (Å²) in [6, 6.07) is 6.93. The number of halogens is 2. The SMILES string of the molecule is Fc1ccc(-c2cc(CNC3CC3)[nH]n2)c(Cl)c1. The smallest absolute Gasteiger partial charge is 0.124 e. The number of rotatable bonds is 4. The number of aromatic nitrogens is 2. The Morgan fingerprint density at radius 2 is 2.22 bits per heavy atom. The van der Waals surface area contributed by atoms with Crippen molar-refractivity contribution in [3.63, 3.8) is 0 Å². The molecule has 3 nitrogen and oxygen atoms in total. The van der Waals surface area contributed by atoms with E-state index in [9.17, 15) is 4.39 Å². The zero-order chi connectivity index (χ0) is 12.5. The number of hydrogen-bond donors (Lipinski definition) is 2. The minimum Gasteiger partial charge on any atom is -0.308 e. The van der Waals surface area contributed by atoms with Gasteiger partial charge in [-0.2, -0.15) is 5.10 Å². The monoisotopic (exact) mass is 265 g/mol. The highest BCUT2D eigenvalue weighted by atomic mass is 35.5. The first-order valence-electron chi connectivity index (χ1n) is 5.95. The predicted molar refractivity (Wildman–Crippen MR) is 68.9 cm³/mol. The zero-order valence-corrected chi connectivity index (χ0v) is 10.5. The van der Waals surface area contributed by atoms with E-state index in [0.29, 0.717) is 11.1 Å². The van der Waals surface area contributed by atoms with E-state index >= 15 is 0 Å². The highest BCUT2D eigenvalue weighted by Gasteiger charge is 2.20. The number of nitrogens with zero attached hydrogens (tertiary/aromatic N) is 1. The molecule has 1 aliphatic rings. The molecule has 1 fully saturated rings. The molecule has 3 rings (SSSR count). The fourth-order valence-electron chi connectivity index (χ4n) is 1.83. The second-order valence-electron chi connectivity index (χ2n) is 4.56. The Balaban J connectivity index is 1.78. The Morgan fingerprint density at radius 3 is 2.94 bits per heavy atom. The first kappa shape index (κ1) is 11.7. The van der Waals surface area contributed by atoms with Crippen LogP contribution in [0.15, 0.2) is 24.3 Å². The highest BCUT2D eigenvalue weighted by molar-refractivity contribution is 6.33. The van der Waals surface area contributed by atoms with Crippen molar-refractivity contribution in [3.8, 4) is 11.3 Å². The summed E-state index contributed by atoms with van der Waals surface area (Å²) in [6.07, 6.45) is 2.51. The summed E-state index contributed by atoms with van der Waals surface area (Å²) in [5.41, 5.74) is 2.50. The molecule has 94 valence electrons. The van der Waals surface area contributed by atoms with Crippen LogP contribution >= 0.6 is 11.6 Å². The molecule has 5 heteroatoms. The molecule has 1 aromatic heterocycles. The molecule has 1 heterocycles. The van der Waals surface area contributed by atoms with Crippen molar-refractivity contribution in [3.05, 3.63) is 40.8 Å². The van der Waals surface area contributed by atoms with Gasteiger partial charge in [0.05, 0.1) is 10.7 Å². The van der Waals surface area contributed by atoms with Crippen molar-refractivity contribution in [2.75, 3.05) is 0 Å². The summed E-state index contributed by atoms with van der Waals surface area (Å²) in [5.74, 6) is -0.338. The van der Waals surface area contributed by atoms with Crippen LogP contribution in [-0.2, 0) is 6.54 Å². The molecule has 0 atom stereocenters. The van der Waals surface area contributed by atoms with Gasteiger partial charge in [-0.1, -0.05) is 11.6 Å². The molecule has 0 bridgehead atoms. The van der Waals surface area contributed by atoms with E-state index in [1.165, 1.54) is 25.0 Å². The van der Waals surface area contributed by atoms with Crippen LogP contribution in [0.4, 0.5) is 4.39 Å². The lowest BCUT2D eigenvalue weighted by molar-refractivity contribution is 0.628. The molecule has 18 heavy (non-hydrogen) atoms. The van der Waals surface area contributed by atoms with E-state index in [1.54, 1.807) is 6.07 Å². The van der Waals surface area contributed by atoms with Crippen LogP contribution < -0.4 is 5.32 Å². The molecule has 1 aliphatic carbocycles. The third-order valence-corrected chi connectivity index (χ3v) is 3.31. The third-order valence-electron chi connectivity index (χ3n) is 3.00. The van der Waals surface area contributed by atoms with Gasteiger partial charge in [0, 0.05) is 23.8 Å². The lowest BCUT2D eigenvalue weighted by atomic mass is 10.1. The van der Waals surface area contributed by atoms with Crippen molar-refractivity contribution in [1.82, 2.24) is 15.5 Å². The van der Waals surface area contributed by atoms with E-state index in [-0.39, 0.29) is 5.82 Å². The lowest BCUT2D eigenvalue weighted by Crippen LogP contribution is -2.15. The lowest BCUT2D eigenvalue weighted by Gasteiger charge is -2.00. The van der Waals surface area contributed by atoms with Gasteiger partial charge < -0.3 is 5.32 Å². The maximum Gasteiger partial charge on any atom is 0.124 e. The molecular formula is C13H13ClFN3. The highest BCUT2D eigenvalue weighted by Crippen LogP contribution is 2.27. The van der Waals surface area contributed by atoms with Crippen LogP contribution in [0.3, 0.4) is 0 Å². The van der Waals surface area contributed by atoms with E-state index in [2.05, 4.69) is 15.5 Å². The van der Waals surface area contributed by atoms with Gasteiger partial charge in [0.2, 0.25) is 0 Å². The van der Waals surface area contributed by atoms with Crippen molar-refractivity contribution in [2.24, 2.45) is 0 Å². The topological polar surface area (TPSA) is 40.7 Å². The van der Waals surface area contributed by atoms with Gasteiger partial charge in [-0.05, 0) is 37.1 Å². The van der Waals surface area contributed by atoms with Crippen LogP contribution in [-0.4, -0.2) is 16.2 Å². The van der Waals surface area contributed by atoms with Gasteiger partial charge in [-0.15, -0.1) is 0 Å². The molecular weight excluding hydrogens is 253 g/mol. The average Bonchev–Trinajstić information content (AvgIpc) is 3.05. The molecule has 0 aliphatic heterocycles. The maximum absolute atomic E-state index is 13.0. The van der Waals surface area contributed by atoms with Crippen LogP contribution in [0, 0.1) is 5.82 Å². The van der Waals surface area contributed by atoms with E-state index < -0.39 is 0 Å². The number of aromatic amines is 1. The van der Waals surface area contributed by atoms with E-state index in [4.69, 9.17) is 11.6 Å². The fraction of sp³-hybridized carbons (Fsp3) is 0.308. The molecule has 0 spiro atoms. The van der Waals surface area contributed by atoms with Gasteiger partial charge in [-0.3, -0.25) is 5.10 Å². The van der Waals surface area contributed by atoms with Crippen molar-refractivity contribution >= 4 is 11.6 Å². The van der Waals surface area contributed by atoms with Crippen molar-refractivity contribution in [1.29, 1.82) is 0 Å². The van der Waals surface area contributed by atoms with Crippen LogP contribution in [0.1, 0.15) is 18.5 Å². The van der Waals surface area contributed by atoms with Crippen molar-refractivity contribution < 1.29 is 4.39 Å². The van der Waals surface area contributed by atoms with Crippen LogP contribution in [0.25, 0.3) is 11.3 Å². The minimum absolute atomic E-state index is 0.338. The Labute approximate surface area is 109 Å². The molecule has 2 aromatic rings. The summed E-state index contributed by atoms with van der Waals surface area (Å²) < 4.78 is 13.0. The van der Waals surface area contributed by atoms with Gasteiger partial charge in [0.15, 0.2) is 0 Å². The molecule has 2 N–H and O–H groups in total. The van der Waals surface area contributed by atoms with Gasteiger partial charge in [-0.25, -0.2) is 4.39 Å². The number of hydrogen-bond acceptors (Lipinski definition) is 2. The van der Waals surface area contributed by atoms with Crippen LogP contribution in [0.5, 0.6) is 0 Å². The van der Waals surface area contributed by atoms with Crippen LogP contribution in [0.2, 0.25) is 5.02 Å². The summed E-state index contributed by atoms with van der Waals surface area (Å²) in [5, 5.41) is 10.9. The molecule has 0 unspecified atom stereocenters. The second-order valence-corrected chi connectivity index (χ2v) is 4.96. The Bertz CT molecular complexity index is 563. The second kappa shape index (κ2) is 4.71. The maximum atomic E-state index is 13.0. The number of nitrogens with one attached hydrogen (secondary N) is 2. The van der Waals surface area contributed by atoms with Crippen molar-refractivity contribution in [2.45, 2.75) is 25.4 Å². The standard InChI is InChI=1S/C13H13ClFN3/c14-12-5-8(15)1-4-11(12)13-6-10(17-18-13)7-16-9-2-3-9/h1,4-6,9,16H,2-3,7H2,(H,17,18). The van der Waals surface area contributed by atoms with Gasteiger partial charge >= 0.3 is 0 Å². The minimum atomic E-state index is -0.338. The molecule has 0 amide bonds. The summed E-state index contributed by atoms with van der Waals surface area (Å²) in [6.45, 7) is 0.774. The first-order valence-corrected chi connectivity index (χ1v) is 6.33. The largest absolute Gasteiger partial charge is 0.308 e. The first-order chi connectivity index (χ1) is 8.72. The molecule has 1 aromatic carbocycles. The number of benzene rings is 1. The van der Waals surface area contributed by atoms with Gasteiger partial charge in [0.25, 0.3) is 0 Å².